The van der Waals surface area contributed by atoms with Crippen LogP contribution in [0.2, 0.25) is 28.2 Å². The molecule has 2 fully saturated rings. The van der Waals surface area contributed by atoms with E-state index in [1.165, 1.54) is 6.33 Å². The minimum atomic E-state index is -2.73. The normalized spacial score (nSPS) is 24.4. The highest BCUT2D eigenvalue weighted by atomic mass is 28.4. The van der Waals surface area contributed by atoms with E-state index in [-0.39, 0.29) is 39.3 Å². The number of fused-ring (bicyclic) bond motifs is 2. The molecule has 0 aromatic carbocycles. The van der Waals surface area contributed by atoms with Gasteiger partial charge < -0.3 is 33.1 Å². The number of ether oxygens (including phenoxy) is 2. The molecule has 2 aliphatic rings. The maximum atomic E-state index is 7.41. The van der Waals surface area contributed by atoms with E-state index in [9.17, 15) is 0 Å². The molecule has 2 N–H and O–H groups in total. The van der Waals surface area contributed by atoms with E-state index < -0.39 is 23.2 Å². The molecule has 0 spiro atoms. The van der Waals surface area contributed by atoms with Crippen LogP contribution in [0.4, 0.5) is 5.82 Å². The smallest absolute Gasteiger partial charge is 0.349 e. The minimum Gasteiger partial charge on any atom is -0.409 e. The van der Waals surface area contributed by atoms with Gasteiger partial charge in [-0.15, -0.1) is 0 Å². The second kappa shape index (κ2) is 12.4. The molecule has 1 saturated carbocycles. The van der Waals surface area contributed by atoms with Crippen LogP contribution < -0.4 is 5.73 Å². The van der Waals surface area contributed by atoms with E-state index in [4.69, 9.17) is 33.5 Å². The number of hydrogen-bond donors (Lipinski definition) is 1. The summed E-state index contributed by atoms with van der Waals surface area (Å²) in [6, 6.07) is -0.0469. The van der Waals surface area contributed by atoms with Crippen LogP contribution in [-0.4, -0.2) is 69.7 Å². The predicted octanol–water partition coefficient (Wildman–Crippen LogP) is 7.17. The molecule has 44 heavy (non-hydrogen) atoms. The molecule has 11 heteroatoms. The number of nitrogens with two attached hydrogens (primary N) is 1. The lowest BCUT2D eigenvalue weighted by atomic mass is 10.1. The van der Waals surface area contributed by atoms with Crippen LogP contribution in [0.5, 0.6) is 0 Å². The zero-order valence-electron chi connectivity index (χ0n) is 29.3. The van der Waals surface area contributed by atoms with Crippen LogP contribution in [0.15, 0.2) is 12.5 Å². The molecule has 9 nitrogen and oxygen atoms in total. The highest BCUT2D eigenvalue weighted by Crippen LogP contribution is 2.58. The van der Waals surface area contributed by atoms with E-state index in [0.29, 0.717) is 25.6 Å². The average Bonchev–Trinajstić information content (AvgIpc) is 3.43. The van der Waals surface area contributed by atoms with E-state index >= 15 is 0 Å². The molecule has 246 valence electrons. The predicted molar refractivity (Wildman–Crippen MR) is 181 cm³/mol. The summed E-state index contributed by atoms with van der Waals surface area (Å²) >= 11 is 0. The monoisotopic (exact) mass is 644 g/mol. The number of hydrogen-bond acceptors (Lipinski definition) is 8. The van der Waals surface area contributed by atoms with Crippen molar-refractivity contribution in [1.82, 2.24) is 14.5 Å². The first-order valence-electron chi connectivity index (χ1n) is 16.1. The molecule has 4 rings (SSSR count). The Balaban J connectivity index is 1.87. The van der Waals surface area contributed by atoms with Crippen LogP contribution in [-0.2, 0) is 22.8 Å². The molecule has 3 heterocycles. The second-order valence-corrected chi connectivity index (χ2v) is 25.3. The molecule has 0 radical (unpaired) electrons. The molecular formula is C33H56N4O5Si2. The van der Waals surface area contributed by atoms with Crippen molar-refractivity contribution in [2.24, 2.45) is 5.92 Å². The second-order valence-electron chi connectivity index (χ2n) is 15.8. The molecule has 2 aromatic rings. The van der Waals surface area contributed by atoms with Crippen molar-refractivity contribution in [2.45, 2.75) is 135 Å². The number of rotatable bonds is 7. The Morgan fingerprint density at radius 2 is 1.66 bits per heavy atom. The van der Waals surface area contributed by atoms with Crippen molar-refractivity contribution in [3.63, 3.8) is 0 Å². The van der Waals surface area contributed by atoms with Gasteiger partial charge >= 0.3 is 8.56 Å². The van der Waals surface area contributed by atoms with E-state index in [0.717, 1.165) is 23.0 Å². The summed E-state index contributed by atoms with van der Waals surface area (Å²) in [5, 5.41) is 0.507. The summed E-state index contributed by atoms with van der Waals surface area (Å²) in [6.07, 6.45) is 3.51. The van der Waals surface area contributed by atoms with Gasteiger partial charge in [0.05, 0.1) is 29.2 Å². The lowest BCUT2D eigenvalue weighted by Crippen LogP contribution is -2.64. The van der Waals surface area contributed by atoms with Gasteiger partial charge in [0.1, 0.15) is 17.8 Å². The molecule has 1 aliphatic heterocycles. The van der Waals surface area contributed by atoms with Crippen LogP contribution in [0, 0.1) is 17.8 Å². The third kappa shape index (κ3) is 6.41. The van der Waals surface area contributed by atoms with Gasteiger partial charge in [0.25, 0.3) is 0 Å². The summed E-state index contributed by atoms with van der Waals surface area (Å²) in [5.41, 5.74) is 7.97. The lowest BCUT2D eigenvalue weighted by Gasteiger charge is -2.55. The Kier molecular flexibility index (Phi) is 9.91. The third-order valence-corrected chi connectivity index (χ3v) is 19.3. The Hall–Kier alpha value is -1.79. The number of anilines is 1. The molecule has 2 aromatic heterocycles. The van der Waals surface area contributed by atoms with Crippen molar-refractivity contribution >= 4 is 33.7 Å². The summed E-state index contributed by atoms with van der Waals surface area (Å²) in [4.78, 5) is 9.07. The largest absolute Gasteiger partial charge is 0.409 e. The van der Waals surface area contributed by atoms with E-state index in [1.807, 2.05) is 13.8 Å². The van der Waals surface area contributed by atoms with Crippen LogP contribution in [0.1, 0.15) is 94.2 Å². The first-order valence-corrected chi connectivity index (χ1v) is 20.9. The van der Waals surface area contributed by atoms with Crippen molar-refractivity contribution in [1.29, 1.82) is 0 Å². The topological polar surface area (TPSA) is 103 Å². The maximum absolute atomic E-state index is 7.41. The van der Waals surface area contributed by atoms with Crippen molar-refractivity contribution in [3.8, 4) is 11.8 Å². The molecular weight excluding hydrogens is 589 g/mol. The Labute approximate surface area is 267 Å². The fourth-order valence-corrected chi connectivity index (χ4v) is 13.1. The highest BCUT2D eigenvalue weighted by Gasteiger charge is 2.65. The van der Waals surface area contributed by atoms with Crippen LogP contribution in [0.25, 0.3) is 11.0 Å². The standard InChI is InChI=1S/C33H56N4O5Si2/c1-14-38-25(39-15-2)17-16-22-19-37(30-26(22)29(34)35-21-36-30)24-18-23-20-40-44(32(6,7)8,33(9,10)11)42-27(23)28(24)41-43(12,13)31(3,4)5/h19,21,23-25,27-28H,14-15,18,20H2,1-13H3,(H2,34,35,36)/t23-,24-,27-,28+/m1/s1. The molecule has 1 aliphatic carbocycles. The zero-order valence-corrected chi connectivity index (χ0v) is 31.3. The van der Waals surface area contributed by atoms with Gasteiger partial charge in [-0.05, 0) is 44.3 Å². The van der Waals surface area contributed by atoms with E-state index in [2.05, 4.69) is 103 Å². The molecule has 0 amide bonds. The van der Waals surface area contributed by atoms with Crippen LogP contribution >= 0.6 is 0 Å². The van der Waals surface area contributed by atoms with Crippen molar-refractivity contribution < 1.29 is 22.8 Å². The summed E-state index contributed by atoms with van der Waals surface area (Å²) < 4.78 is 35.3. The Morgan fingerprint density at radius 3 is 2.20 bits per heavy atom. The summed E-state index contributed by atoms with van der Waals surface area (Å²) in [5.74, 6) is 7.01. The Morgan fingerprint density at radius 1 is 1.05 bits per heavy atom. The van der Waals surface area contributed by atoms with Gasteiger partial charge in [0, 0.05) is 42.0 Å². The quantitative estimate of drug-likeness (QED) is 0.192. The number of nitrogen functional groups attached to an aromatic ring is 1. The van der Waals surface area contributed by atoms with Crippen molar-refractivity contribution in [3.05, 3.63) is 18.1 Å². The number of aromatic nitrogens is 3. The van der Waals surface area contributed by atoms with Gasteiger partial charge in [-0.3, -0.25) is 0 Å². The molecule has 4 atom stereocenters. The fraction of sp³-hybridized carbons (Fsp3) is 0.758. The summed E-state index contributed by atoms with van der Waals surface area (Å²) in [6.45, 7) is 30.6. The minimum absolute atomic E-state index is 0.0267. The van der Waals surface area contributed by atoms with Crippen molar-refractivity contribution in [2.75, 3.05) is 25.6 Å². The van der Waals surface area contributed by atoms with Gasteiger partial charge in [-0.2, -0.15) is 0 Å². The summed E-state index contributed by atoms with van der Waals surface area (Å²) in [7, 11) is -4.95. The van der Waals surface area contributed by atoms with Gasteiger partial charge in [0.15, 0.2) is 8.32 Å². The molecule has 1 saturated heterocycles. The molecule has 0 bridgehead atoms. The van der Waals surface area contributed by atoms with E-state index in [1.54, 1.807) is 0 Å². The maximum Gasteiger partial charge on any atom is 0.349 e. The van der Waals surface area contributed by atoms with Crippen LogP contribution in [0.3, 0.4) is 0 Å². The first-order chi connectivity index (χ1) is 20.3. The average molecular weight is 645 g/mol. The first kappa shape index (κ1) is 35.1. The lowest BCUT2D eigenvalue weighted by molar-refractivity contribution is -0.0969. The third-order valence-electron chi connectivity index (χ3n) is 9.68. The van der Waals surface area contributed by atoms with Gasteiger partial charge in [-0.1, -0.05) is 68.2 Å². The van der Waals surface area contributed by atoms with Gasteiger partial charge in [-0.25, -0.2) is 9.97 Å². The number of nitrogens with zero attached hydrogens (tertiary/aromatic N) is 3. The highest BCUT2D eigenvalue weighted by molar-refractivity contribution is 6.74. The zero-order chi connectivity index (χ0) is 32.9. The fourth-order valence-electron chi connectivity index (χ4n) is 6.71. The Bertz CT molecular complexity index is 1360. The molecule has 0 unspecified atom stereocenters. The SMILES string of the molecule is CCOC(C#Cc1cn([C@@H]2C[C@@H]3CO[Si](C(C)(C)C)(C(C)(C)C)O[C@H]3[C@H]2O[Si](C)(C)C(C)(C)C)c2ncnc(N)c12)OCC. The van der Waals surface area contributed by atoms with Gasteiger partial charge in [0.2, 0.25) is 6.29 Å².